The fraction of sp³-hybridized carbons (Fsp3) is 0.444. The van der Waals surface area contributed by atoms with Crippen LogP contribution in [0.1, 0.15) is 24.2 Å². The Morgan fingerprint density at radius 3 is 2.85 bits per heavy atom. The molecular formula is C9H15N3O. The van der Waals surface area contributed by atoms with Crippen LogP contribution in [0.5, 0.6) is 0 Å². The predicted octanol–water partition coefficient (Wildman–Crippen LogP) is 0.482. The highest BCUT2D eigenvalue weighted by Gasteiger charge is 2.18. The molecule has 0 aliphatic rings. The Kier molecular flexibility index (Phi) is 2.72. The molecule has 13 heavy (non-hydrogen) atoms. The molecule has 0 saturated carbocycles. The van der Waals surface area contributed by atoms with E-state index in [4.69, 9.17) is 5.73 Å². The minimum atomic E-state index is -0.353. The van der Waals surface area contributed by atoms with Crippen LogP contribution in [0, 0.1) is 0 Å². The molecule has 1 amide bonds. The summed E-state index contributed by atoms with van der Waals surface area (Å²) in [6.07, 6.45) is 3.37. The quantitative estimate of drug-likeness (QED) is 0.634. The third-order valence-electron chi connectivity index (χ3n) is 1.82. The van der Waals surface area contributed by atoms with Gasteiger partial charge in [0.05, 0.1) is 5.56 Å². The SMILES string of the molecule is CC(C)(CN)NC(=O)c1cc[nH]c1. The maximum atomic E-state index is 11.5. The van der Waals surface area contributed by atoms with E-state index < -0.39 is 0 Å². The van der Waals surface area contributed by atoms with E-state index in [1.165, 1.54) is 0 Å². The molecule has 4 N–H and O–H groups in total. The summed E-state index contributed by atoms with van der Waals surface area (Å²) in [5.41, 5.74) is 5.76. The van der Waals surface area contributed by atoms with Gasteiger partial charge in [0.1, 0.15) is 0 Å². The largest absolute Gasteiger partial charge is 0.367 e. The van der Waals surface area contributed by atoms with Crippen LogP contribution in [-0.4, -0.2) is 23.0 Å². The first-order valence-corrected chi connectivity index (χ1v) is 4.20. The molecule has 0 saturated heterocycles. The number of hydrogen-bond donors (Lipinski definition) is 3. The van der Waals surface area contributed by atoms with E-state index in [2.05, 4.69) is 10.3 Å². The van der Waals surface area contributed by atoms with Gasteiger partial charge in [0.25, 0.3) is 5.91 Å². The van der Waals surface area contributed by atoms with Gasteiger partial charge in [-0.05, 0) is 19.9 Å². The molecule has 4 nitrogen and oxygen atoms in total. The minimum absolute atomic E-state index is 0.100. The van der Waals surface area contributed by atoms with Gasteiger partial charge in [-0.15, -0.1) is 0 Å². The second-order valence-electron chi connectivity index (χ2n) is 3.64. The van der Waals surface area contributed by atoms with Gasteiger partial charge in [0, 0.05) is 24.5 Å². The number of carbonyl (C=O) groups is 1. The standard InChI is InChI=1S/C9H15N3O/c1-9(2,6-10)12-8(13)7-3-4-11-5-7/h3-5,11H,6,10H2,1-2H3,(H,12,13). The molecule has 0 spiro atoms. The summed E-state index contributed by atoms with van der Waals surface area (Å²) in [5, 5.41) is 2.82. The lowest BCUT2D eigenvalue weighted by Crippen LogP contribution is -2.48. The van der Waals surface area contributed by atoms with Gasteiger partial charge in [-0.25, -0.2) is 0 Å². The lowest BCUT2D eigenvalue weighted by Gasteiger charge is -2.23. The Morgan fingerprint density at radius 1 is 1.69 bits per heavy atom. The van der Waals surface area contributed by atoms with Crippen molar-refractivity contribution < 1.29 is 4.79 Å². The molecule has 1 heterocycles. The molecular weight excluding hydrogens is 166 g/mol. The average molecular weight is 181 g/mol. The Balaban J connectivity index is 2.61. The Labute approximate surface area is 77.5 Å². The molecule has 0 bridgehead atoms. The predicted molar refractivity (Wildman–Crippen MR) is 51.4 cm³/mol. The van der Waals surface area contributed by atoms with Crippen LogP contribution in [0.2, 0.25) is 0 Å². The van der Waals surface area contributed by atoms with Crippen LogP contribution in [0.25, 0.3) is 0 Å². The lowest BCUT2D eigenvalue weighted by molar-refractivity contribution is 0.0916. The van der Waals surface area contributed by atoms with Crippen molar-refractivity contribution in [3.8, 4) is 0 Å². The highest BCUT2D eigenvalue weighted by atomic mass is 16.1. The number of aromatic nitrogens is 1. The van der Waals surface area contributed by atoms with E-state index in [1.54, 1.807) is 18.5 Å². The molecule has 0 aliphatic carbocycles. The fourth-order valence-electron chi connectivity index (χ4n) is 0.896. The van der Waals surface area contributed by atoms with Gasteiger partial charge >= 0.3 is 0 Å². The van der Waals surface area contributed by atoms with E-state index in [9.17, 15) is 4.79 Å². The monoisotopic (exact) mass is 181 g/mol. The van der Waals surface area contributed by atoms with Crippen LogP contribution in [0.3, 0.4) is 0 Å². The van der Waals surface area contributed by atoms with E-state index in [1.807, 2.05) is 13.8 Å². The second kappa shape index (κ2) is 3.62. The van der Waals surface area contributed by atoms with Gasteiger partial charge in [0.15, 0.2) is 0 Å². The lowest BCUT2D eigenvalue weighted by atomic mass is 10.1. The summed E-state index contributed by atoms with van der Waals surface area (Å²) < 4.78 is 0. The highest BCUT2D eigenvalue weighted by molar-refractivity contribution is 5.94. The Bertz CT molecular complexity index is 277. The van der Waals surface area contributed by atoms with E-state index in [0.717, 1.165) is 0 Å². The molecule has 1 aromatic rings. The summed E-state index contributed by atoms with van der Waals surface area (Å²) in [7, 11) is 0. The number of nitrogens with two attached hydrogens (primary N) is 1. The smallest absolute Gasteiger partial charge is 0.253 e. The van der Waals surface area contributed by atoms with Crippen LogP contribution < -0.4 is 11.1 Å². The number of amides is 1. The number of rotatable bonds is 3. The summed E-state index contributed by atoms with van der Waals surface area (Å²) in [4.78, 5) is 14.3. The van der Waals surface area contributed by atoms with Crippen molar-refractivity contribution in [2.24, 2.45) is 5.73 Å². The molecule has 0 fully saturated rings. The molecule has 4 heteroatoms. The molecule has 0 atom stereocenters. The Morgan fingerprint density at radius 2 is 2.38 bits per heavy atom. The van der Waals surface area contributed by atoms with Crippen molar-refractivity contribution in [2.75, 3.05) is 6.54 Å². The summed E-state index contributed by atoms with van der Waals surface area (Å²) in [5.74, 6) is -0.100. The summed E-state index contributed by atoms with van der Waals surface area (Å²) in [6.45, 7) is 4.19. The fourth-order valence-corrected chi connectivity index (χ4v) is 0.896. The zero-order valence-electron chi connectivity index (χ0n) is 7.92. The van der Waals surface area contributed by atoms with E-state index >= 15 is 0 Å². The van der Waals surface area contributed by atoms with E-state index in [-0.39, 0.29) is 11.4 Å². The van der Waals surface area contributed by atoms with Crippen molar-refractivity contribution >= 4 is 5.91 Å². The third kappa shape index (κ3) is 2.59. The maximum Gasteiger partial charge on any atom is 0.253 e. The summed E-state index contributed by atoms with van der Waals surface area (Å²) >= 11 is 0. The normalized spacial score (nSPS) is 11.3. The Hall–Kier alpha value is -1.29. The minimum Gasteiger partial charge on any atom is -0.367 e. The van der Waals surface area contributed by atoms with Crippen LogP contribution in [0.15, 0.2) is 18.5 Å². The number of hydrogen-bond acceptors (Lipinski definition) is 2. The summed E-state index contributed by atoms with van der Waals surface area (Å²) in [6, 6.07) is 1.72. The van der Waals surface area contributed by atoms with Crippen molar-refractivity contribution in [3.05, 3.63) is 24.0 Å². The maximum absolute atomic E-state index is 11.5. The van der Waals surface area contributed by atoms with Crippen molar-refractivity contribution in [3.63, 3.8) is 0 Å². The number of H-pyrrole nitrogens is 1. The number of aromatic amines is 1. The first kappa shape index (κ1) is 9.80. The van der Waals surface area contributed by atoms with Gasteiger partial charge in [-0.2, -0.15) is 0 Å². The second-order valence-corrected chi connectivity index (χ2v) is 3.64. The zero-order valence-corrected chi connectivity index (χ0v) is 7.92. The molecule has 0 radical (unpaired) electrons. The molecule has 1 rings (SSSR count). The zero-order chi connectivity index (χ0) is 9.90. The third-order valence-corrected chi connectivity index (χ3v) is 1.82. The van der Waals surface area contributed by atoms with Crippen molar-refractivity contribution in [1.82, 2.24) is 10.3 Å². The van der Waals surface area contributed by atoms with Gasteiger partial charge in [-0.1, -0.05) is 0 Å². The molecule has 72 valence electrons. The van der Waals surface area contributed by atoms with Gasteiger partial charge in [-0.3, -0.25) is 4.79 Å². The first-order chi connectivity index (χ1) is 6.05. The van der Waals surface area contributed by atoms with Crippen molar-refractivity contribution in [1.29, 1.82) is 0 Å². The van der Waals surface area contributed by atoms with Gasteiger partial charge < -0.3 is 16.0 Å². The highest BCUT2D eigenvalue weighted by Crippen LogP contribution is 2.02. The van der Waals surface area contributed by atoms with Crippen molar-refractivity contribution in [2.45, 2.75) is 19.4 Å². The van der Waals surface area contributed by atoms with Crippen LogP contribution in [0.4, 0.5) is 0 Å². The molecule has 0 aliphatic heterocycles. The van der Waals surface area contributed by atoms with Crippen LogP contribution in [-0.2, 0) is 0 Å². The average Bonchev–Trinajstić information content (AvgIpc) is 2.55. The van der Waals surface area contributed by atoms with E-state index in [0.29, 0.717) is 12.1 Å². The topological polar surface area (TPSA) is 70.9 Å². The molecule has 0 aromatic carbocycles. The number of carbonyl (C=O) groups excluding carboxylic acids is 1. The molecule has 1 aromatic heterocycles. The molecule has 0 unspecified atom stereocenters. The first-order valence-electron chi connectivity index (χ1n) is 4.20. The number of nitrogens with one attached hydrogen (secondary N) is 2. The van der Waals surface area contributed by atoms with Gasteiger partial charge in [0.2, 0.25) is 0 Å². The van der Waals surface area contributed by atoms with Crippen LogP contribution >= 0.6 is 0 Å².